The van der Waals surface area contributed by atoms with E-state index >= 15 is 0 Å². The van der Waals surface area contributed by atoms with Crippen molar-refractivity contribution in [2.45, 2.75) is 52.1 Å². The summed E-state index contributed by atoms with van der Waals surface area (Å²) in [4.78, 5) is 5.41. The molecule has 0 aliphatic carbocycles. The van der Waals surface area contributed by atoms with E-state index in [-0.39, 0.29) is 0 Å². The quantitative estimate of drug-likeness (QED) is 0.750. The Balaban J connectivity index is 2.25. The third-order valence-electron chi connectivity index (χ3n) is 2.32. The number of aromatic nitrogens is 1. The van der Waals surface area contributed by atoms with Crippen LogP contribution in [0.4, 0.5) is 0 Å². The summed E-state index contributed by atoms with van der Waals surface area (Å²) in [6.07, 6.45) is 7.05. The van der Waals surface area contributed by atoms with Gasteiger partial charge in [-0.05, 0) is 12.8 Å². The normalized spacial score (nSPS) is 11.1. The van der Waals surface area contributed by atoms with E-state index in [1.54, 1.807) is 11.3 Å². The van der Waals surface area contributed by atoms with E-state index in [0.29, 0.717) is 6.04 Å². The third kappa shape index (κ3) is 4.20. The maximum Gasteiger partial charge on any atom is 0.0794 e. The van der Waals surface area contributed by atoms with Gasteiger partial charge in [0.25, 0.3) is 0 Å². The summed E-state index contributed by atoms with van der Waals surface area (Å²) in [6.45, 7) is 5.48. The zero-order valence-corrected chi connectivity index (χ0v) is 9.94. The van der Waals surface area contributed by atoms with Crippen molar-refractivity contribution in [2.75, 3.05) is 0 Å². The van der Waals surface area contributed by atoms with Gasteiger partial charge in [-0.25, -0.2) is 0 Å². The van der Waals surface area contributed by atoms with Crippen molar-refractivity contribution in [3.05, 3.63) is 16.6 Å². The van der Waals surface area contributed by atoms with Gasteiger partial charge in [0.05, 0.1) is 5.51 Å². The molecule has 1 heterocycles. The predicted octanol–water partition coefficient (Wildman–Crippen LogP) is 3.20. The zero-order valence-electron chi connectivity index (χ0n) is 9.12. The lowest BCUT2D eigenvalue weighted by Crippen LogP contribution is -2.27. The highest BCUT2D eigenvalue weighted by atomic mass is 32.1. The minimum absolute atomic E-state index is 0.687. The summed E-state index contributed by atoms with van der Waals surface area (Å²) in [5, 5.41) is 3.59. The van der Waals surface area contributed by atoms with Gasteiger partial charge in [0.2, 0.25) is 0 Å². The van der Waals surface area contributed by atoms with Gasteiger partial charge in [0.1, 0.15) is 0 Å². The Morgan fingerprint density at radius 2 is 2.07 bits per heavy atom. The Morgan fingerprint density at radius 3 is 2.57 bits per heavy atom. The molecule has 2 nitrogen and oxygen atoms in total. The van der Waals surface area contributed by atoms with Crippen molar-refractivity contribution in [1.29, 1.82) is 0 Å². The Labute approximate surface area is 90.8 Å². The molecule has 0 amide bonds. The molecular weight excluding hydrogens is 192 g/mol. The maximum atomic E-state index is 4.07. The van der Waals surface area contributed by atoms with Crippen molar-refractivity contribution in [2.24, 2.45) is 0 Å². The first-order valence-corrected chi connectivity index (χ1v) is 6.35. The van der Waals surface area contributed by atoms with Gasteiger partial charge < -0.3 is 5.32 Å². The zero-order chi connectivity index (χ0) is 10.2. The number of hydrogen-bond donors (Lipinski definition) is 1. The van der Waals surface area contributed by atoms with Crippen LogP contribution < -0.4 is 5.32 Å². The first-order valence-electron chi connectivity index (χ1n) is 5.47. The van der Waals surface area contributed by atoms with Gasteiger partial charge in [-0.15, -0.1) is 11.3 Å². The first-order chi connectivity index (χ1) is 6.86. The molecule has 0 saturated heterocycles. The van der Waals surface area contributed by atoms with Crippen LogP contribution in [-0.4, -0.2) is 11.0 Å². The molecule has 14 heavy (non-hydrogen) atoms. The number of thiazole rings is 1. The molecule has 80 valence electrons. The van der Waals surface area contributed by atoms with Crippen LogP contribution in [0, 0.1) is 0 Å². The molecule has 1 rings (SSSR count). The van der Waals surface area contributed by atoms with Crippen LogP contribution in [-0.2, 0) is 6.54 Å². The molecule has 0 fully saturated rings. The Kier molecular flexibility index (Phi) is 5.80. The Bertz CT molecular complexity index is 215. The summed E-state index contributed by atoms with van der Waals surface area (Å²) in [5.41, 5.74) is 1.89. The van der Waals surface area contributed by atoms with Crippen molar-refractivity contribution in [3.8, 4) is 0 Å². The first kappa shape index (κ1) is 11.7. The summed E-state index contributed by atoms with van der Waals surface area (Å²) in [6, 6.07) is 0.687. The Morgan fingerprint density at radius 1 is 1.36 bits per heavy atom. The Hall–Kier alpha value is -0.410. The minimum atomic E-state index is 0.687. The fourth-order valence-corrected chi connectivity index (χ4v) is 2.17. The van der Waals surface area contributed by atoms with Crippen molar-refractivity contribution in [1.82, 2.24) is 10.3 Å². The van der Waals surface area contributed by atoms with Crippen molar-refractivity contribution in [3.63, 3.8) is 0 Å². The molecular formula is C11H20N2S. The molecule has 3 heteroatoms. The van der Waals surface area contributed by atoms with Crippen LogP contribution in [0.1, 0.15) is 44.4 Å². The SMILES string of the molecule is CCCC(CCC)NCc1cncs1. The molecule has 0 radical (unpaired) electrons. The van der Waals surface area contributed by atoms with E-state index in [9.17, 15) is 0 Å². The number of nitrogens with one attached hydrogen (secondary N) is 1. The van der Waals surface area contributed by atoms with Gasteiger partial charge in [-0.2, -0.15) is 0 Å². The third-order valence-corrected chi connectivity index (χ3v) is 3.10. The van der Waals surface area contributed by atoms with Crippen LogP contribution in [0.15, 0.2) is 11.7 Å². The second kappa shape index (κ2) is 6.96. The average molecular weight is 212 g/mol. The standard InChI is InChI=1S/C11H20N2S/c1-3-5-10(6-4-2)13-8-11-7-12-9-14-11/h7,9-10,13H,3-6,8H2,1-2H3. The van der Waals surface area contributed by atoms with E-state index in [0.717, 1.165) is 6.54 Å². The molecule has 0 bridgehead atoms. The lowest BCUT2D eigenvalue weighted by Gasteiger charge is -2.16. The van der Waals surface area contributed by atoms with Gasteiger partial charge in [0, 0.05) is 23.7 Å². The number of rotatable bonds is 7. The summed E-state index contributed by atoms with van der Waals surface area (Å²) in [5.74, 6) is 0. The lowest BCUT2D eigenvalue weighted by molar-refractivity contribution is 0.445. The summed E-state index contributed by atoms with van der Waals surface area (Å²) >= 11 is 1.73. The van der Waals surface area contributed by atoms with Gasteiger partial charge in [-0.3, -0.25) is 4.98 Å². The molecule has 1 aromatic rings. The van der Waals surface area contributed by atoms with Crippen LogP contribution in [0.5, 0.6) is 0 Å². The molecule has 0 saturated carbocycles. The maximum absolute atomic E-state index is 4.07. The molecule has 0 spiro atoms. The fourth-order valence-electron chi connectivity index (χ4n) is 1.62. The molecule has 0 aromatic carbocycles. The molecule has 1 aromatic heterocycles. The van der Waals surface area contributed by atoms with Gasteiger partial charge in [0.15, 0.2) is 0 Å². The van der Waals surface area contributed by atoms with E-state index in [1.165, 1.54) is 30.6 Å². The van der Waals surface area contributed by atoms with E-state index in [2.05, 4.69) is 24.1 Å². The molecule has 1 N–H and O–H groups in total. The number of hydrogen-bond acceptors (Lipinski definition) is 3. The molecule has 0 atom stereocenters. The van der Waals surface area contributed by atoms with Crippen molar-refractivity contribution >= 4 is 11.3 Å². The highest BCUT2D eigenvalue weighted by Gasteiger charge is 2.05. The highest BCUT2D eigenvalue weighted by molar-refractivity contribution is 7.09. The fraction of sp³-hybridized carbons (Fsp3) is 0.727. The van der Waals surface area contributed by atoms with E-state index < -0.39 is 0 Å². The molecule has 0 aliphatic rings. The lowest BCUT2D eigenvalue weighted by atomic mass is 10.1. The second-order valence-corrected chi connectivity index (χ2v) is 4.59. The second-order valence-electron chi connectivity index (χ2n) is 3.62. The average Bonchev–Trinajstić information content (AvgIpc) is 2.67. The van der Waals surface area contributed by atoms with Gasteiger partial charge in [-0.1, -0.05) is 26.7 Å². The summed E-state index contributed by atoms with van der Waals surface area (Å²) < 4.78 is 0. The van der Waals surface area contributed by atoms with Crippen molar-refractivity contribution < 1.29 is 0 Å². The van der Waals surface area contributed by atoms with E-state index in [4.69, 9.17) is 0 Å². The number of nitrogens with zero attached hydrogens (tertiary/aromatic N) is 1. The smallest absolute Gasteiger partial charge is 0.0794 e. The van der Waals surface area contributed by atoms with Crippen LogP contribution in [0.2, 0.25) is 0 Å². The minimum Gasteiger partial charge on any atom is -0.309 e. The molecule has 0 aliphatic heterocycles. The largest absolute Gasteiger partial charge is 0.309 e. The van der Waals surface area contributed by atoms with Crippen LogP contribution in [0.3, 0.4) is 0 Å². The summed E-state index contributed by atoms with van der Waals surface area (Å²) in [7, 11) is 0. The van der Waals surface area contributed by atoms with Crippen LogP contribution >= 0.6 is 11.3 Å². The van der Waals surface area contributed by atoms with E-state index in [1.807, 2.05) is 11.7 Å². The predicted molar refractivity (Wildman–Crippen MR) is 62.6 cm³/mol. The van der Waals surface area contributed by atoms with Crippen LogP contribution in [0.25, 0.3) is 0 Å². The topological polar surface area (TPSA) is 24.9 Å². The van der Waals surface area contributed by atoms with Gasteiger partial charge >= 0.3 is 0 Å². The monoisotopic (exact) mass is 212 g/mol. The molecule has 0 unspecified atom stereocenters. The highest BCUT2D eigenvalue weighted by Crippen LogP contribution is 2.08.